The minimum absolute atomic E-state index is 0.182. The number of nitro benzene ring substituents is 1. The maximum atomic E-state index is 12.4. The van der Waals surface area contributed by atoms with E-state index >= 15 is 0 Å². The lowest BCUT2D eigenvalue weighted by atomic mass is 9.90. The number of hydrogen-bond acceptors (Lipinski definition) is 5. The minimum atomic E-state index is -3.98. The van der Waals surface area contributed by atoms with Crippen molar-refractivity contribution < 1.29 is 13.3 Å². The van der Waals surface area contributed by atoms with Crippen LogP contribution in [0.25, 0.3) is 0 Å². The number of hydrazone groups is 1. The summed E-state index contributed by atoms with van der Waals surface area (Å²) in [5.41, 5.74) is 2.91. The highest BCUT2D eigenvalue weighted by Gasteiger charge is 2.21. The van der Waals surface area contributed by atoms with Crippen molar-refractivity contribution >= 4 is 21.4 Å². The summed E-state index contributed by atoms with van der Waals surface area (Å²) in [6.45, 7) is 1.56. The van der Waals surface area contributed by atoms with E-state index in [1.165, 1.54) is 12.1 Å². The lowest BCUT2D eigenvalue weighted by molar-refractivity contribution is -0.385. The van der Waals surface area contributed by atoms with Crippen LogP contribution in [0.15, 0.2) is 52.5 Å². The molecule has 1 aliphatic rings. The lowest BCUT2D eigenvalue weighted by Gasteiger charge is -2.17. The third-order valence-corrected chi connectivity index (χ3v) is 5.38. The molecule has 0 saturated carbocycles. The Morgan fingerprint density at radius 2 is 1.92 bits per heavy atom. The van der Waals surface area contributed by atoms with Gasteiger partial charge in [-0.05, 0) is 37.8 Å². The molecule has 0 bridgehead atoms. The van der Waals surface area contributed by atoms with Crippen LogP contribution in [0.5, 0.6) is 0 Å². The summed E-state index contributed by atoms with van der Waals surface area (Å²) in [5.74, 6) is 0. The van der Waals surface area contributed by atoms with E-state index in [0.29, 0.717) is 17.7 Å². The number of nitrogens with zero attached hydrogens (tertiary/aromatic N) is 2. The SMILES string of the molecule is Cc1ccc(S(=O)(=O)NN=C2CCCc3ccccc32)cc1[N+](=O)[O-]. The molecule has 0 heterocycles. The molecule has 130 valence electrons. The van der Waals surface area contributed by atoms with Crippen molar-refractivity contribution in [3.63, 3.8) is 0 Å². The average Bonchev–Trinajstić information content (AvgIpc) is 2.60. The summed E-state index contributed by atoms with van der Waals surface area (Å²) in [4.78, 5) is 12.4. The van der Waals surface area contributed by atoms with Crippen molar-refractivity contribution in [2.45, 2.75) is 31.1 Å². The van der Waals surface area contributed by atoms with E-state index in [0.717, 1.165) is 30.0 Å². The van der Waals surface area contributed by atoms with Crippen molar-refractivity contribution in [2.24, 2.45) is 5.10 Å². The Labute approximate surface area is 145 Å². The average molecular weight is 359 g/mol. The molecule has 0 spiro atoms. The van der Waals surface area contributed by atoms with E-state index in [-0.39, 0.29) is 10.6 Å². The van der Waals surface area contributed by atoms with Crippen molar-refractivity contribution in [3.05, 3.63) is 69.3 Å². The molecule has 2 aromatic carbocycles. The maximum absolute atomic E-state index is 12.4. The van der Waals surface area contributed by atoms with Gasteiger partial charge in [0.2, 0.25) is 0 Å². The van der Waals surface area contributed by atoms with Gasteiger partial charge in [0.1, 0.15) is 0 Å². The van der Waals surface area contributed by atoms with Crippen LogP contribution in [0.1, 0.15) is 29.5 Å². The molecular formula is C17H17N3O4S. The molecular weight excluding hydrogens is 342 g/mol. The van der Waals surface area contributed by atoms with Gasteiger partial charge in [-0.15, -0.1) is 0 Å². The fourth-order valence-corrected chi connectivity index (χ4v) is 3.69. The van der Waals surface area contributed by atoms with Crippen molar-refractivity contribution in [2.75, 3.05) is 0 Å². The summed E-state index contributed by atoms with van der Waals surface area (Å²) in [5, 5.41) is 15.1. The zero-order chi connectivity index (χ0) is 18.0. The second-order valence-electron chi connectivity index (χ2n) is 5.87. The molecule has 2 aromatic rings. The van der Waals surface area contributed by atoms with Crippen molar-refractivity contribution in [1.82, 2.24) is 4.83 Å². The molecule has 0 fully saturated rings. The van der Waals surface area contributed by atoms with Gasteiger partial charge in [-0.2, -0.15) is 18.4 Å². The number of fused-ring (bicyclic) bond motifs is 1. The first-order chi connectivity index (χ1) is 11.9. The Morgan fingerprint density at radius 1 is 1.16 bits per heavy atom. The number of sulfonamides is 1. The van der Waals surface area contributed by atoms with E-state index < -0.39 is 14.9 Å². The monoisotopic (exact) mass is 359 g/mol. The smallest absolute Gasteiger partial charge is 0.258 e. The standard InChI is InChI=1S/C17H17N3O4S/c1-12-9-10-14(11-17(12)20(21)22)25(23,24)19-18-16-8-4-6-13-5-2-3-7-15(13)16/h2-3,5,7,9-11,19H,4,6,8H2,1H3. The normalized spacial score (nSPS) is 15.6. The van der Waals surface area contributed by atoms with Gasteiger partial charge in [-0.25, -0.2) is 0 Å². The van der Waals surface area contributed by atoms with Gasteiger partial charge < -0.3 is 0 Å². The third kappa shape index (κ3) is 3.53. The Morgan fingerprint density at radius 3 is 2.68 bits per heavy atom. The number of nitrogens with one attached hydrogen (secondary N) is 1. The predicted octanol–water partition coefficient (Wildman–Crippen LogP) is 2.92. The zero-order valence-electron chi connectivity index (χ0n) is 13.6. The minimum Gasteiger partial charge on any atom is -0.258 e. The first kappa shape index (κ1) is 17.1. The molecule has 0 saturated heterocycles. The quantitative estimate of drug-likeness (QED) is 0.670. The molecule has 0 atom stereocenters. The predicted molar refractivity (Wildman–Crippen MR) is 94.1 cm³/mol. The number of benzene rings is 2. The third-order valence-electron chi connectivity index (χ3n) is 4.18. The second kappa shape index (κ2) is 6.64. The van der Waals surface area contributed by atoms with Crippen molar-refractivity contribution in [3.8, 4) is 0 Å². The summed E-state index contributed by atoms with van der Waals surface area (Å²) < 4.78 is 24.9. The number of aryl methyl sites for hydroxylation is 2. The van der Waals surface area contributed by atoms with Crippen LogP contribution in [-0.2, 0) is 16.4 Å². The molecule has 3 rings (SSSR count). The van der Waals surface area contributed by atoms with Crippen LogP contribution in [0.4, 0.5) is 5.69 Å². The van der Waals surface area contributed by atoms with E-state index in [2.05, 4.69) is 9.93 Å². The van der Waals surface area contributed by atoms with Crippen LogP contribution in [0.3, 0.4) is 0 Å². The Bertz CT molecular complexity index is 968. The Kier molecular flexibility index (Phi) is 4.54. The molecule has 8 heteroatoms. The van der Waals surface area contributed by atoms with Gasteiger partial charge in [0, 0.05) is 17.2 Å². The van der Waals surface area contributed by atoms with E-state index in [4.69, 9.17) is 0 Å². The summed E-state index contributed by atoms with van der Waals surface area (Å²) in [7, 11) is -3.98. The molecule has 0 unspecified atom stereocenters. The summed E-state index contributed by atoms with van der Waals surface area (Å²) >= 11 is 0. The second-order valence-corrected chi connectivity index (χ2v) is 7.53. The molecule has 0 radical (unpaired) electrons. The summed E-state index contributed by atoms with van der Waals surface area (Å²) in [6, 6.07) is 11.5. The van der Waals surface area contributed by atoms with Gasteiger partial charge in [-0.1, -0.05) is 30.3 Å². The molecule has 0 aromatic heterocycles. The molecule has 7 nitrogen and oxygen atoms in total. The van der Waals surface area contributed by atoms with E-state index in [1.54, 1.807) is 6.92 Å². The topological polar surface area (TPSA) is 102 Å². The Balaban J connectivity index is 1.91. The van der Waals surface area contributed by atoms with Crippen LogP contribution in [-0.4, -0.2) is 19.1 Å². The molecule has 0 amide bonds. The summed E-state index contributed by atoms with van der Waals surface area (Å²) in [6.07, 6.45) is 2.51. The van der Waals surface area contributed by atoms with Crippen LogP contribution in [0, 0.1) is 17.0 Å². The lowest BCUT2D eigenvalue weighted by Crippen LogP contribution is -2.22. The highest BCUT2D eigenvalue weighted by Crippen LogP contribution is 2.23. The van der Waals surface area contributed by atoms with E-state index in [1.807, 2.05) is 24.3 Å². The zero-order valence-corrected chi connectivity index (χ0v) is 14.4. The van der Waals surface area contributed by atoms with E-state index in [9.17, 15) is 18.5 Å². The molecule has 25 heavy (non-hydrogen) atoms. The van der Waals surface area contributed by atoms with Crippen LogP contribution >= 0.6 is 0 Å². The number of nitro groups is 1. The molecule has 1 aliphatic carbocycles. The van der Waals surface area contributed by atoms with Gasteiger partial charge in [0.05, 0.1) is 15.5 Å². The first-order valence-electron chi connectivity index (χ1n) is 7.80. The number of rotatable bonds is 4. The fraction of sp³-hybridized carbons (Fsp3) is 0.235. The van der Waals surface area contributed by atoms with Gasteiger partial charge in [0.25, 0.3) is 15.7 Å². The molecule has 1 N–H and O–H groups in total. The van der Waals surface area contributed by atoms with Crippen molar-refractivity contribution in [1.29, 1.82) is 0 Å². The Hall–Kier alpha value is -2.74. The first-order valence-corrected chi connectivity index (χ1v) is 9.28. The highest BCUT2D eigenvalue weighted by atomic mass is 32.2. The highest BCUT2D eigenvalue weighted by molar-refractivity contribution is 7.89. The van der Waals surface area contributed by atoms with Crippen LogP contribution in [0.2, 0.25) is 0 Å². The maximum Gasteiger partial charge on any atom is 0.276 e. The van der Waals surface area contributed by atoms with Crippen LogP contribution < -0.4 is 4.83 Å². The van der Waals surface area contributed by atoms with Gasteiger partial charge in [0.15, 0.2) is 0 Å². The fourth-order valence-electron chi connectivity index (χ4n) is 2.84. The molecule has 0 aliphatic heterocycles. The largest absolute Gasteiger partial charge is 0.276 e. The number of hydrogen-bond donors (Lipinski definition) is 1. The van der Waals surface area contributed by atoms with Gasteiger partial charge in [-0.3, -0.25) is 10.1 Å². The van der Waals surface area contributed by atoms with Gasteiger partial charge >= 0.3 is 0 Å².